The lowest BCUT2D eigenvalue weighted by molar-refractivity contribution is -0.131. The summed E-state index contributed by atoms with van der Waals surface area (Å²) in [5, 5.41) is 26.4. The van der Waals surface area contributed by atoms with Gasteiger partial charge in [-0.1, -0.05) is 18.2 Å². The molecule has 1 rings (SSSR count). The molecule has 1 aromatic carbocycles. The van der Waals surface area contributed by atoms with Crippen molar-refractivity contribution >= 4 is 12.0 Å². The number of aliphatic hydroxyl groups is 2. The van der Waals surface area contributed by atoms with Crippen molar-refractivity contribution in [3.8, 4) is 0 Å². The van der Waals surface area contributed by atoms with E-state index in [4.69, 9.17) is 15.3 Å². The van der Waals surface area contributed by atoms with E-state index in [1.54, 1.807) is 18.2 Å². The van der Waals surface area contributed by atoms with Crippen molar-refractivity contribution in [2.45, 2.75) is 13.2 Å². The molecular weight excluding hydrogens is 196 g/mol. The number of carboxylic acid groups (broad SMARTS) is 1. The molecular formula is C11H12O4. The first kappa shape index (κ1) is 11.4. The predicted octanol–water partition coefficient (Wildman–Crippen LogP) is 0.769. The van der Waals surface area contributed by atoms with E-state index in [9.17, 15) is 4.79 Å². The summed E-state index contributed by atoms with van der Waals surface area (Å²) < 4.78 is 0. The Hall–Kier alpha value is -1.65. The molecule has 0 aliphatic rings. The van der Waals surface area contributed by atoms with Gasteiger partial charge in [-0.3, -0.25) is 0 Å². The van der Waals surface area contributed by atoms with Crippen LogP contribution in [0.15, 0.2) is 24.3 Å². The fraction of sp³-hybridized carbons (Fsp3) is 0.182. The van der Waals surface area contributed by atoms with Gasteiger partial charge in [0.1, 0.15) is 0 Å². The number of benzene rings is 1. The molecule has 0 unspecified atom stereocenters. The van der Waals surface area contributed by atoms with Gasteiger partial charge < -0.3 is 15.3 Å². The van der Waals surface area contributed by atoms with E-state index in [2.05, 4.69) is 0 Å². The summed E-state index contributed by atoms with van der Waals surface area (Å²) in [6, 6.07) is 4.98. The third-order valence-corrected chi connectivity index (χ3v) is 1.97. The molecule has 0 radical (unpaired) electrons. The van der Waals surface area contributed by atoms with E-state index in [0.29, 0.717) is 16.7 Å². The molecule has 0 fully saturated rings. The number of rotatable bonds is 4. The van der Waals surface area contributed by atoms with E-state index < -0.39 is 5.97 Å². The second-order valence-electron chi connectivity index (χ2n) is 3.02. The highest BCUT2D eigenvalue weighted by Crippen LogP contribution is 2.14. The Kier molecular flexibility index (Phi) is 4.03. The monoisotopic (exact) mass is 208 g/mol. The largest absolute Gasteiger partial charge is 0.478 e. The molecule has 3 N–H and O–H groups in total. The molecule has 0 aliphatic heterocycles. The smallest absolute Gasteiger partial charge is 0.328 e. The molecule has 15 heavy (non-hydrogen) atoms. The lowest BCUT2D eigenvalue weighted by Crippen LogP contribution is -1.93. The van der Waals surface area contributed by atoms with E-state index in [1.165, 1.54) is 6.08 Å². The quantitative estimate of drug-likeness (QED) is 0.638. The Morgan fingerprint density at radius 1 is 1.27 bits per heavy atom. The molecule has 1 aromatic rings. The van der Waals surface area contributed by atoms with E-state index in [-0.39, 0.29) is 13.2 Å². The normalized spacial score (nSPS) is 10.8. The fourth-order valence-corrected chi connectivity index (χ4v) is 1.22. The Balaban J connectivity index is 3.02. The third kappa shape index (κ3) is 3.19. The van der Waals surface area contributed by atoms with Crippen LogP contribution in [-0.4, -0.2) is 21.3 Å². The van der Waals surface area contributed by atoms with Crippen molar-refractivity contribution in [1.29, 1.82) is 0 Å². The first-order chi connectivity index (χ1) is 7.17. The zero-order valence-corrected chi connectivity index (χ0v) is 8.05. The zero-order valence-electron chi connectivity index (χ0n) is 8.05. The van der Waals surface area contributed by atoms with Crippen LogP contribution in [0.5, 0.6) is 0 Å². The SMILES string of the molecule is O=C(O)/C=C/c1ccc(CO)cc1CO. The van der Waals surface area contributed by atoms with Crippen molar-refractivity contribution in [2.24, 2.45) is 0 Å². The lowest BCUT2D eigenvalue weighted by atomic mass is 10.0. The summed E-state index contributed by atoms with van der Waals surface area (Å²) in [6.45, 7) is -0.289. The van der Waals surface area contributed by atoms with Crippen molar-refractivity contribution in [1.82, 2.24) is 0 Å². The molecule has 80 valence electrons. The highest BCUT2D eigenvalue weighted by atomic mass is 16.4. The Morgan fingerprint density at radius 3 is 2.53 bits per heavy atom. The van der Waals surface area contributed by atoms with Gasteiger partial charge in [0.2, 0.25) is 0 Å². The van der Waals surface area contributed by atoms with Crippen LogP contribution in [0.3, 0.4) is 0 Å². The van der Waals surface area contributed by atoms with Gasteiger partial charge in [0.15, 0.2) is 0 Å². The highest BCUT2D eigenvalue weighted by molar-refractivity contribution is 5.85. The molecule has 4 nitrogen and oxygen atoms in total. The molecule has 0 saturated heterocycles. The number of carbonyl (C=O) groups is 1. The van der Waals surface area contributed by atoms with Gasteiger partial charge >= 0.3 is 5.97 Å². The van der Waals surface area contributed by atoms with Gasteiger partial charge in [-0.15, -0.1) is 0 Å². The van der Waals surface area contributed by atoms with Crippen LogP contribution in [0.2, 0.25) is 0 Å². The molecule has 0 bridgehead atoms. The van der Waals surface area contributed by atoms with E-state index in [1.807, 2.05) is 0 Å². The van der Waals surface area contributed by atoms with Crippen LogP contribution in [0.4, 0.5) is 0 Å². The minimum absolute atomic E-state index is 0.101. The summed E-state index contributed by atoms with van der Waals surface area (Å²) in [6.07, 6.45) is 2.42. The number of aliphatic carboxylic acids is 1. The number of carboxylic acids is 1. The summed E-state index contributed by atoms with van der Waals surface area (Å²) in [5.74, 6) is -1.04. The van der Waals surface area contributed by atoms with E-state index in [0.717, 1.165) is 6.08 Å². The van der Waals surface area contributed by atoms with Crippen molar-refractivity contribution < 1.29 is 20.1 Å². The average Bonchev–Trinajstić information content (AvgIpc) is 2.25. The van der Waals surface area contributed by atoms with Gasteiger partial charge in [0.25, 0.3) is 0 Å². The molecule has 0 spiro atoms. The van der Waals surface area contributed by atoms with Crippen LogP contribution in [0.25, 0.3) is 6.08 Å². The Bertz CT molecular complexity index is 382. The maximum atomic E-state index is 10.3. The molecule has 4 heteroatoms. The number of hydrogen-bond donors (Lipinski definition) is 3. The molecule has 0 saturated carbocycles. The van der Waals surface area contributed by atoms with Gasteiger partial charge in [0.05, 0.1) is 13.2 Å². The maximum absolute atomic E-state index is 10.3. The summed E-state index contributed by atoms with van der Waals surface area (Å²) in [5.41, 5.74) is 1.92. The zero-order chi connectivity index (χ0) is 11.3. The number of aliphatic hydroxyl groups excluding tert-OH is 2. The summed E-state index contributed by atoms with van der Waals surface area (Å²) >= 11 is 0. The van der Waals surface area contributed by atoms with Crippen LogP contribution in [-0.2, 0) is 18.0 Å². The molecule has 0 atom stereocenters. The molecule has 0 amide bonds. The minimum Gasteiger partial charge on any atom is -0.478 e. The minimum atomic E-state index is -1.04. The van der Waals surface area contributed by atoms with Gasteiger partial charge in [-0.2, -0.15) is 0 Å². The molecule has 0 heterocycles. The predicted molar refractivity (Wildman–Crippen MR) is 55.0 cm³/mol. The van der Waals surface area contributed by atoms with Gasteiger partial charge in [-0.25, -0.2) is 4.79 Å². The standard InChI is InChI=1S/C11H12O4/c12-6-8-1-2-9(3-4-11(14)15)10(5-8)7-13/h1-5,12-13H,6-7H2,(H,14,15)/b4-3+. The third-order valence-electron chi connectivity index (χ3n) is 1.97. The maximum Gasteiger partial charge on any atom is 0.328 e. The first-order valence-electron chi connectivity index (χ1n) is 4.42. The van der Waals surface area contributed by atoms with Crippen LogP contribution in [0, 0.1) is 0 Å². The van der Waals surface area contributed by atoms with Crippen molar-refractivity contribution in [3.05, 3.63) is 41.0 Å². The fourth-order valence-electron chi connectivity index (χ4n) is 1.22. The second kappa shape index (κ2) is 5.29. The highest BCUT2D eigenvalue weighted by Gasteiger charge is 2.00. The van der Waals surface area contributed by atoms with Crippen molar-refractivity contribution in [3.63, 3.8) is 0 Å². The topological polar surface area (TPSA) is 77.8 Å². The van der Waals surface area contributed by atoms with Crippen LogP contribution < -0.4 is 0 Å². The van der Waals surface area contributed by atoms with Gasteiger partial charge in [-0.05, 0) is 22.8 Å². The Labute approximate surface area is 87.1 Å². The molecule has 0 aromatic heterocycles. The second-order valence-corrected chi connectivity index (χ2v) is 3.02. The van der Waals surface area contributed by atoms with Gasteiger partial charge in [0, 0.05) is 6.08 Å². The molecule has 0 aliphatic carbocycles. The van der Waals surface area contributed by atoms with Crippen LogP contribution >= 0.6 is 0 Å². The average molecular weight is 208 g/mol. The Morgan fingerprint density at radius 2 is 2.00 bits per heavy atom. The summed E-state index contributed by atoms with van der Waals surface area (Å²) in [4.78, 5) is 10.3. The number of hydrogen-bond acceptors (Lipinski definition) is 3. The van der Waals surface area contributed by atoms with E-state index >= 15 is 0 Å². The van der Waals surface area contributed by atoms with Crippen LogP contribution in [0.1, 0.15) is 16.7 Å². The summed E-state index contributed by atoms with van der Waals surface area (Å²) in [7, 11) is 0. The van der Waals surface area contributed by atoms with Crippen molar-refractivity contribution in [2.75, 3.05) is 0 Å². The first-order valence-corrected chi connectivity index (χ1v) is 4.42. The lowest BCUT2D eigenvalue weighted by Gasteiger charge is -2.04.